The van der Waals surface area contributed by atoms with Gasteiger partial charge in [0.1, 0.15) is 18.3 Å². The maximum Gasteiger partial charge on any atom is 0.262 e. The minimum atomic E-state index is -3.75. The molecule has 0 saturated carbocycles. The fourth-order valence-electron chi connectivity index (χ4n) is 2.80. The molecular weight excluding hydrogens is 364 g/mol. The van der Waals surface area contributed by atoms with E-state index in [1.807, 2.05) is 26.0 Å². The van der Waals surface area contributed by atoms with Gasteiger partial charge in [-0.3, -0.25) is 14.0 Å². The van der Waals surface area contributed by atoms with E-state index in [-0.39, 0.29) is 4.90 Å². The Morgan fingerprint density at radius 2 is 1.74 bits per heavy atom. The van der Waals surface area contributed by atoms with Crippen LogP contribution in [0.25, 0.3) is 5.82 Å². The van der Waals surface area contributed by atoms with Gasteiger partial charge in [-0.2, -0.15) is 5.10 Å². The first kappa shape index (κ1) is 19.1. The summed E-state index contributed by atoms with van der Waals surface area (Å²) in [6.45, 7) is 8.71. The Balaban J connectivity index is 2.00. The standard InChI is InChI=1S/C18H24N6O2S/c1-5-10-24-14(4)17(18(21-24)23-11-19-20-12-23)22-27(25,26)16-8-6-15(7-9-16)13(2)3/h6-9,11-13,22H,5,10H2,1-4H3. The summed E-state index contributed by atoms with van der Waals surface area (Å²) in [6, 6.07) is 6.93. The van der Waals surface area contributed by atoms with Gasteiger partial charge in [-0.05, 0) is 37.0 Å². The Hall–Kier alpha value is -2.68. The van der Waals surface area contributed by atoms with Gasteiger partial charge in [0.2, 0.25) is 0 Å². The summed E-state index contributed by atoms with van der Waals surface area (Å²) >= 11 is 0. The number of aromatic nitrogens is 5. The zero-order chi connectivity index (χ0) is 19.6. The molecule has 0 radical (unpaired) electrons. The van der Waals surface area contributed by atoms with E-state index in [2.05, 4.69) is 33.9 Å². The van der Waals surface area contributed by atoms with Crippen molar-refractivity contribution in [1.82, 2.24) is 24.5 Å². The van der Waals surface area contributed by atoms with Crippen molar-refractivity contribution in [3.05, 3.63) is 48.2 Å². The third-order valence-corrected chi connectivity index (χ3v) is 5.75. The summed E-state index contributed by atoms with van der Waals surface area (Å²) in [6.07, 6.45) is 3.87. The third-order valence-electron chi connectivity index (χ3n) is 4.38. The molecule has 8 nitrogen and oxygen atoms in total. The molecule has 0 bridgehead atoms. The molecule has 0 aliphatic heterocycles. The quantitative estimate of drug-likeness (QED) is 0.671. The largest absolute Gasteiger partial charge is 0.274 e. The van der Waals surface area contributed by atoms with Crippen LogP contribution in [0.2, 0.25) is 0 Å². The van der Waals surface area contributed by atoms with Crippen LogP contribution in [0, 0.1) is 6.92 Å². The van der Waals surface area contributed by atoms with Crippen molar-refractivity contribution in [3.8, 4) is 5.82 Å². The second kappa shape index (κ2) is 7.51. The van der Waals surface area contributed by atoms with Crippen molar-refractivity contribution in [3.63, 3.8) is 0 Å². The van der Waals surface area contributed by atoms with Gasteiger partial charge in [0, 0.05) is 6.54 Å². The van der Waals surface area contributed by atoms with Gasteiger partial charge in [-0.15, -0.1) is 10.2 Å². The van der Waals surface area contributed by atoms with Crippen LogP contribution >= 0.6 is 0 Å². The second-order valence-corrected chi connectivity index (χ2v) is 8.39. The van der Waals surface area contributed by atoms with E-state index in [1.54, 1.807) is 21.4 Å². The van der Waals surface area contributed by atoms with E-state index in [4.69, 9.17) is 0 Å². The lowest BCUT2D eigenvalue weighted by molar-refractivity contribution is 0.583. The highest BCUT2D eigenvalue weighted by atomic mass is 32.2. The molecule has 3 rings (SSSR count). The molecule has 0 amide bonds. The molecule has 0 aliphatic carbocycles. The Bertz CT molecular complexity index is 1010. The summed E-state index contributed by atoms with van der Waals surface area (Å²) < 4.78 is 32.0. The topological polar surface area (TPSA) is 94.7 Å². The number of nitrogens with one attached hydrogen (secondary N) is 1. The fraction of sp³-hybridized carbons (Fsp3) is 0.389. The number of aryl methyl sites for hydroxylation is 1. The molecule has 9 heteroatoms. The minimum absolute atomic E-state index is 0.212. The number of sulfonamides is 1. The van der Waals surface area contributed by atoms with Crippen LogP contribution in [0.4, 0.5) is 5.69 Å². The Labute approximate surface area is 159 Å². The Kier molecular flexibility index (Phi) is 5.31. The predicted molar refractivity (Wildman–Crippen MR) is 104 cm³/mol. The van der Waals surface area contributed by atoms with Crippen LogP contribution in [0.15, 0.2) is 41.8 Å². The molecule has 0 aliphatic rings. The second-order valence-electron chi connectivity index (χ2n) is 6.71. The molecule has 3 aromatic rings. The van der Waals surface area contributed by atoms with Crippen LogP contribution < -0.4 is 4.72 Å². The van der Waals surface area contributed by atoms with Crippen molar-refractivity contribution < 1.29 is 8.42 Å². The third kappa shape index (κ3) is 3.87. The number of rotatable bonds is 7. The molecule has 144 valence electrons. The van der Waals surface area contributed by atoms with Crippen LogP contribution in [-0.2, 0) is 16.6 Å². The summed E-state index contributed by atoms with van der Waals surface area (Å²) in [5.41, 5.74) is 2.25. The van der Waals surface area contributed by atoms with E-state index < -0.39 is 10.0 Å². The molecule has 1 N–H and O–H groups in total. The normalized spacial score (nSPS) is 11.9. The van der Waals surface area contributed by atoms with Gasteiger partial charge in [-0.1, -0.05) is 32.9 Å². The van der Waals surface area contributed by atoms with Crippen molar-refractivity contribution >= 4 is 15.7 Å². The molecule has 0 atom stereocenters. The Morgan fingerprint density at radius 3 is 2.30 bits per heavy atom. The molecule has 2 aromatic heterocycles. The van der Waals surface area contributed by atoms with E-state index in [1.165, 1.54) is 12.7 Å². The van der Waals surface area contributed by atoms with Crippen molar-refractivity contribution in [1.29, 1.82) is 0 Å². The number of nitrogens with zero attached hydrogens (tertiary/aromatic N) is 5. The zero-order valence-corrected chi connectivity index (χ0v) is 16.7. The molecule has 0 saturated heterocycles. The Morgan fingerprint density at radius 1 is 1.11 bits per heavy atom. The lowest BCUT2D eigenvalue weighted by Gasteiger charge is -2.11. The highest BCUT2D eigenvalue weighted by Crippen LogP contribution is 2.27. The average molecular weight is 388 g/mol. The first-order valence-electron chi connectivity index (χ1n) is 8.88. The van der Waals surface area contributed by atoms with Gasteiger partial charge < -0.3 is 0 Å². The molecule has 2 heterocycles. The number of anilines is 1. The van der Waals surface area contributed by atoms with Gasteiger partial charge in [0.15, 0.2) is 5.82 Å². The lowest BCUT2D eigenvalue weighted by Crippen LogP contribution is -2.15. The summed E-state index contributed by atoms with van der Waals surface area (Å²) in [5, 5.41) is 12.1. The molecule has 0 fully saturated rings. The first-order chi connectivity index (χ1) is 12.8. The van der Waals surface area contributed by atoms with Crippen LogP contribution in [0.1, 0.15) is 44.4 Å². The van der Waals surface area contributed by atoms with Gasteiger partial charge in [-0.25, -0.2) is 8.42 Å². The van der Waals surface area contributed by atoms with E-state index in [0.717, 1.165) is 17.7 Å². The van der Waals surface area contributed by atoms with E-state index in [9.17, 15) is 8.42 Å². The SMILES string of the molecule is CCCn1nc(-n2cnnc2)c(NS(=O)(=O)c2ccc(C(C)C)cc2)c1C. The summed E-state index contributed by atoms with van der Waals surface area (Å²) in [5.74, 6) is 0.790. The molecule has 0 spiro atoms. The van der Waals surface area contributed by atoms with E-state index >= 15 is 0 Å². The predicted octanol–water partition coefficient (Wildman–Crippen LogP) is 3.11. The van der Waals surface area contributed by atoms with Crippen LogP contribution in [0.3, 0.4) is 0 Å². The maximum absolute atomic E-state index is 12.9. The smallest absolute Gasteiger partial charge is 0.262 e. The lowest BCUT2D eigenvalue weighted by atomic mass is 10.0. The van der Waals surface area contributed by atoms with Gasteiger partial charge in [0.05, 0.1) is 10.6 Å². The summed E-state index contributed by atoms with van der Waals surface area (Å²) in [7, 11) is -3.75. The first-order valence-corrected chi connectivity index (χ1v) is 10.4. The average Bonchev–Trinajstić information content (AvgIpc) is 3.26. The van der Waals surface area contributed by atoms with E-state index in [0.29, 0.717) is 24.0 Å². The van der Waals surface area contributed by atoms with Crippen molar-refractivity contribution in [2.75, 3.05) is 4.72 Å². The number of benzene rings is 1. The van der Waals surface area contributed by atoms with Crippen molar-refractivity contribution in [2.45, 2.75) is 51.5 Å². The monoisotopic (exact) mass is 388 g/mol. The van der Waals surface area contributed by atoms with Crippen LogP contribution in [-0.4, -0.2) is 33.0 Å². The maximum atomic E-state index is 12.9. The van der Waals surface area contributed by atoms with Gasteiger partial charge >= 0.3 is 0 Å². The van der Waals surface area contributed by atoms with Gasteiger partial charge in [0.25, 0.3) is 10.0 Å². The fourth-order valence-corrected chi connectivity index (χ4v) is 3.92. The molecular formula is C18H24N6O2S. The number of hydrogen-bond donors (Lipinski definition) is 1. The molecule has 1 aromatic carbocycles. The molecule has 27 heavy (non-hydrogen) atoms. The van der Waals surface area contributed by atoms with Crippen LogP contribution in [0.5, 0.6) is 0 Å². The molecule has 0 unspecified atom stereocenters. The van der Waals surface area contributed by atoms with Crippen molar-refractivity contribution in [2.24, 2.45) is 0 Å². The minimum Gasteiger partial charge on any atom is -0.274 e. The zero-order valence-electron chi connectivity index (χ0n) is 15.9. The number of hydrogen-bond acceptors (Lipinski definition) is 5. The highest BCUT2D eigenvalue weighted by Gasteiger charge is 2.23. The summed E-state index contributed by atoms with van der Waals surface area (Å²) in [4.78, 5) is 0.212. The highest BCUT2D eigenvalue weighted by molar-refractivity contribution is 7.92.